The van der Waals surface area contributed by atoms with E-state index in [-0.39, 0.29) is 0 Å². The maximum absolute atomic E-state index is 12.3. The highest BCUT2D eigenvalue weighted by Crippen LogP contribution is 2.28. The first-order valence-corrected chi connectivity index (χ1v) is 15.7. The Morgan fingerprint density at radius 2 is 1.21 bits per heavy atom. The Morgan fingerprint density at radius 1 is 0.745 bits per heavy atom. The molecule has 0 bridgehead atoms. The molecule has 4 aromatic heterocycles. The van der Waals surface area contributed by atoms with Gasteiger partial charge in [-0.3, -0.25) is 4.79 Å². The molecule has 0 atom stereocenters. The maximum atomic E-state index is 12.3. The average Bonchev–Trinajstić information content (AvgIpc) is 3.80. The summed E-state index contributed by atoms with van der Waals surface area (Å²) in [5.41, 5.74) is 11.4. The average molecular weight is 638 g/mol. The zero-order chi connectivity index (χ0) is 33.2. The number of hydrogen-bond donors (Lipinski definition) is 3. The minimum atomic E-state index is -0.497. The van der Waals surface area contributed by atoms with E-state index in [1.54, 1.807) is 24.3 Å². The summed E-state index contributed by atoms with van der Waals surface area (Å²) in [5.74, 6) is 2.09. The molecule has 14 nitrogen and oxygen atoms in total. The lowest BCUT2D eigenvalue weighted by molar-refractivity contribution is 0.0600. The van der Waals surface area contributed by atoms with Crippen molar-refractivity contribution in [3.05, 3.63) is 71.0 Å². The summed E-state index contributed by atoms with van der Waals surface area (Å²) in [7, 11) is 1.37. The number of unbranched alkanes of at least 4 members (excludes halogenated alkanes) is 1. The Balaban J connectivity index is 1.28. The molecule has 2 aromatic carbocycles. The number of methoxy groups -OCH3 is 1. The molecule has 1 amide bonds. The minimum Gasteiger partial charge on any atom is -0.465 e. The number of fused-ring (bicyclic) bond motifs is 2. The molecule has 4 N–H and O–H groups in total. The number of nitrogens with two attached hydrogens (primary N) is 1. The van der Waals surface area contributed by atoms with Crippen LogP contribution in [0.5, 0.6) is 0 Å². The summed E-state index contributed by atoms with van der Waals surface area (Å²) in [6.45, 7) is 10.7. The van der Waals surface area contributed by atoms with Crippen LogP contribution in [0.15, 0.2) is 48.5 Å². The van der Waals surface area contributed by atoms with E-state index in [2.05, 4.69) is 30.0 Å². The topological polar surface area (TPSA) is 165 Å². The van der Waals surface area contributed by atoms with E-state index in [0.717, 1.165) is 46.9 Å². The molecular weight excluding hydrogens is 598 g/mol. The monoisotopic (exact) mass is 637 g/mol. The number of rotatable bonds is 13. The molecule has 0 saturated carbocycles. The van der Waals surface area contributed by atoms with Crippen molar-refractivity contribution in [1.29, 1.82) is 0 Å². The molecular formula is C33H39N11O3. The summed E-state index contributed by atoms with van der Waals surface area (Å²) in [6.07, 6.45) is 1.63. The van der Waals surface area contributed by atoms with Gasteiger partial charge in [-0.1, -0.05) is 0 Å². The number of nitrogens with zero attached hydrogens (tertiary/aromatic N) is 8. The Hall–Kier alpha value is -5.66. The van der Waals surface area contributed by atoms with E-state index in [4.69, 9.17) is 20.4 Å². The van der Waals surface area contributed by atoms with Crippen molar-refractivity contribution in [3.8, 4) is 0 Å². The Kier molecular flexibility index (Phi) is 8.66. The SMILES string of the molecule is CCn1nc(C)cc1Nc1nc2cc(C(N)=O)ccc2n1CCCCn1c(Nc2cc(C)nn2CC)nc2cc(C(=O)OC)ccc21. The third-order valence-electron chi connectivity index (χ3n) is 8.10. The van der Waals surface area contributed by atoms with Crippen LogP contribution in [-0.4, -0.2) is 57.6 Å². The third-order valence-corrected chi connectivity index (χ3v) is 8.10. The molecule has 0 aliphatic rings. The second kappa shape index (κ2) is 13.0. The molecule has 0 fully saturated rings. The lowest BCUT2D eigenvalue weighted by Gasteiger charge is -2.14. The number of anilines is 4. The van der Waals surface area contributed by atoms with Crippen LogP contribution in [0.1, 0.15) is 58.8 Å². The number of aromatic nitrogens is 8. The van der Waals surface area contributed by atoms with Crippen molar-refractivity contribution in [1.82, 2.24) is 38.7 Å². The van der Waals surface area contributed by atoms with Crippen LogP contribution in [0.2, 0.25) is 0 Å². The van der Waals surface area contributed by atoms with Gasteiger partial charge in [0.15, 0.2) is 0 Å². The Morgan fingerprint density at radius 3 is 1.66 bits per heavy atom. The smallest absolute Gasteiger partial charge is 0.337 e. The lowest BCUT2D eigenvalue weighted by atomic mass is 10.2. The highest BCUT2D eigenvalue weighted by atomic mass is 16.5. The summed E-state index contributed by atoms with van der Waals surface area (Å²) < 4.78 is 13.0. The van der Waals surface area contributed by atoms with Crippen LogP contribution in [0, 0.1) is 13.8 Å². The van der Waals surface area contributed by atoms with Gasteiger partial charge in [-0.25, -0.2) is 24.1 Å². The number of imidazole rings is 2. The molecule has 0 aliphatic carbocycles. The lowest BCUT2D eigenvalue weighted by Crippen LogP contribution is -2.11. The first-order valence-electron chi connectivity index (χ1n) is 15.7. The summed E-state index contributed by atoms with van der Waals surface area (Å²) in [6, 6.07) is 14.7. The van der Waals surface area contributed by atoms with Gasteiger partial charge in [0.25, 0.3) is 0 Å². The number of ether oxygens (including phenoxy) is 1. The first kappa shape index (κ1) is 31.3. The molecule has 6 rings (SSSR count). The molecule has 6 aromatic rings. The van der Waals surface area contributed by atoms with E-state index < -0.39 is 11.9 Å². The highest BCUT2D eigenvalue weighted by Gasteiger charge is 2.18. The molecule has 4 heterocycles. The fourth-order valence-electron chi connectivity index (χ4n) is 5.84. The number of aryl methyl sites for hydroxylation is 6. The fourth-order valence-corrected chi connectivity index (χ4v) is 5.84. The van der Waals surface area contributed by atoms with Gasteiger partial charge in [0.1, 0.15) is 11.6 Å². The van der Waals surface area contributed by atoms with Crippen molar-refractivity contribution >= 4 is 57.5 Å². The molecule has 0 saturated heterocycles. The van der Waals surface area contributed by atoms with Crippen molar-refractivity contribution in [3.63, 3.8) is 0 Å². The number of carbonyl (C=O) groups excluding carboxylic acids is 2. The number of esters is 1. The van der Waals surface area contributed by atoms with E-state index in [0.29, 0.717) is 60.2 Å². The minimum absolute atomic E-state index is 0.408. The second-order valence-corrected chi connectivity index (χ2v) is 11.4. The van der Waals surface area contributed by atoms with E-state index in [9.17, 15) is 9.59 Å². The predicted octanol–water partition coefficient (Wildman–Crippen LogP) is 5.29. The van der Waals surface area contributed by atoms with Gasteiger partial charge in [-0.15, -0.1) is 0 Å². The summed E-state index contributed by atoms with van der Waals surface area (Å²) in [5, 5.41) is 16.1. The van der Waals surface area contributed by atoms with Crippen molar-refractivity contribution in [2.45, 2.75) is 66.7 Å². The number of carbonyl (C=O) groups is 2. The van der Waals surface area contributed by atoms with Gasteiger partial charge >= 0.3 is 5.97 Å². The molecule has 0 spiro atoms. The van der Waals surface area contributed by atoms with E-state index >= 15 is 0 Å². The van der Waals surface area contributed by atoms with Crippen LogP contribution >= 0.6 is 0 Å². The van der Waals surface area contributed by atoms with Gasteiger partial charge in [-0.2, -0.15) is 10.2 Å². The largest absolute Gasteiger partial charge is 0.465 e. The Labute approximate surface area is 271 Å². The number of hydrogen-bond acceptors (Lipinski definition) is 9. The highest BCUT2D eigenvalue weighted by molar-refractivity contribution is 5.97. The Bertz CT molecular complexity index is 2100. The van der Waals surface area contributed by atoms with Gasteiger partial charge in [0.2, 0.25) is 17.8 Å². The molecule has 0 aliphatic heterocycles. The van der Waals surface area contributed by atoms with Gasteiger partial charge in [0.05, 0.1) is 46.1 Å². The molecule has 0 radical (unpaired) electrons. The van der Waals surface area contributed by atoms with E-state index in [1.807, 2.05) is 61.3 Å². The normalized spacial score (nSPS) is 11.4. The molecule has 14 heteroatoms. The summed E-state index contributed by atoms with van der Waals surface area (Å²) in [4.78, 5) is 33.9. The first-order chi connectivity index (χ1) is 22.7. The van der Waals surface area contributed by atoms with Gasteiger partial charge in [-0.05, 0) is 76.9 Å². The van der Waals surface area contributed by atoms with Crippen molar-refractivity contribution in [2.75, 3.05) is 17.7 Å². The van der Waals surface area contributed by atoms with Crippen LogP contribution in [0.4, 0.5) is 23.5 Å². The van der Waals surface area contributed by atoms with Gasteiger partial charge in [0, 0.05) is 43.9 Å². The van der Waals surface area contributed by atoms with Crippen LogP contribution in [-0.2, 0) is 30.9 Å². The third kappa shape index (κ3) is 6.26. The quantitative estimate of drug-likeness (QED) is 0.113. The summed E-state index contributed by atoms with van der Waals surface area (Å²) >= 11 is 0. The van der Waals surface area contributed by atoms with Crippen LogP contribution in [0.3, 0.4) is 0 Å². The van der Waals surface area contributed by atoms with Crippen LogP contribution in [0.25, 0.3) is 22.1 Å². The molecule has 0 unspecified atom stereocenters. The van der Waals surface area contributed by atoms with Gasteiger partial charge < -0.3 is 30.2 Å². The van der Waals surface area contributed by atoms with Crippen molar-refractivity contribution < 1.29 is 14.3 Å². The second-order valence-electron chi connectivity index (χ2n) is 11.4. The van der Waals surface area contributed by atoms with Crippen molar-refractivity contribution in [2.24, 2.45) is 5.73 Å². The zero-order valence-corrected chi connectivity index (χ0v) is 27.2. The molecule has 47 heavy (non-hydrogen) atoms. The predicted molar refractivity (Wildman–Crippen MR) is 180 cm³/mol. The fraction of sp³-hybridized carbons (Fsp3) is 0.333. The maximum Gasteiger partial charge on any atom is 0.337 e. The zero-order valence-electron chi connectivity index (χ0n) is 27.2. The number of primary amides is 1. The number of amides is 1. The molecule has 244 valence electrons. The van der Waals surface area contributed by atoms with E-state index in [1.165, 1.54) is 7.11 Å². The number of benzene rings is 2. The standard InChI is InChI=1S/C33H39N11O3/c1-6-43-28(16-20(3)39-43)37-32-35-24-18-22(30(34)45)10-12-26(24)41(32)14-8-9-15-42-27-13-11-23(31(46)47-5)19-25(27)36-33(42)38-29-17-21(4)40-44(29)7-2/h10-13,16-19H,6-9,14-15H2,1-5H3,(H2,34,45)(H,35,37)(H,36,38). The number of nitrogens with one attached hydrogen (secondary N) is 2. The van der Waals surface area contributed by atoms with Crippen LogP contribution < -0.4 is 16.4 Å².